The molecule has 0 aromatic heterocycles. The summed E-state index contributed by atoms with van der Waals surface area (Å²) in [6.07, 6.45) is 13.0. The molecular weight excluding hydrogens is 951 g/mol. The van der Waals surface area contributed by atoms with Gasteiger partial charge in [0.15, 0.2) is 8.53 Å². The fourth-order valence-electron chi connectivity index (χ4n) is 6.17. The lowest BCUT2D eigenvalue weighted by molar-refractivity contribution is -0.144. The lowest BCUT2D eigenvalue weighted by Crippen LogP contribution is -2.41. The molecule has 2 rings (SSSR count). The standard InChI is InChI=1S/C41H69N3O14S6/c45-32(14-9-7-5-3-1-2-4-6-8-10-17-37(49)50)28-31(38(51)52)18-19-35(47)43-21-23-56-25-26-57-29-33(46)15-13-22-55-24-27-58-30-36(48)42-20-12-11-16-34(39(53)54)44-40-59-61-41(62-60-40)63-64-41/h31,34,40,44H,1-30H2,(H,42,48)(H,43,47)(H,49,50)(H,51,52)(H,53,54)/t31-,34+/m1/s1. The fourth-order valence-corrected chi connectivity index (χ4v) is 19.1. The van der Waals surface area contributed by atoms with Gasteiger partial charge in [0.2, 0.25) is 11.8 Å². The molecule has 368 valence electrons. The Bertz CT molecular complexity index is 1380. The van der Waals surface area contributed by atoms with Gasteiger partial charge in [-0.25, -0.2) is 0 Å². The summed E-state index contributed by atoms with van der Waals surface area (Å²) in [6.45, 7) is 2.02. The number of carboxylic acid groups (broad SMARTS) is 3. The van der Waals surface area contributed by atoms with Crippen LogP contribution < -0.4 is 16.0 Å². The number of amides is 2. The predicted molar refractivity (Wildman–Crippen MR) is 257 cm³/mol. The first-order valence-electron chi connectivity index (χ1n) is 22.3. The molecule has 2 heterocycles. The highest BCUT2D eigenvalue weighted by molar-refractivity contribution is 9.14. The second-order valence-electron chi connectivity index (χ2n) is 15.3. The molecule has 2 aliphatic rings. The van der Waals surface area contributed by atoms with E-state index in [1.807, 2.05) is 21.6 Å². The van der Waals surface area contributed by atoms with Crippen LogP contribution in [0.5, 0.6) is 0 Å². The van der Waals surface area contributed by atoms with E-state index in [1.54, 1.807) is 43.2 Å². The van der Waals surface area contributed by atoms with E-state index in [9.17, 15) is 43.8 Å². The number of hydrogen-bond acceptors (Lipinski definition) is 18. The number of ether oxygens (including phenoxy) is 4. The average Bonchev–Trinajstić information content (AvgIpc) is 4.02. The van der Waals surface area contributed by atoms with Crippen LogP contribution in [-0.4, -0.2) is 136 Å². The van der Waals surface area contributed by atoms with Crippen LogP contribution in [-0.2, 0) is 52.5 Å². The van der Waals surface area contributed by atoms with Crippen molar-refractivity contribution >= 4 is 106 Å². The molecule has 2 saturated heterocycles. The van der Waals surface area contributed by atoms with Gasteiger partial charge in [-0.15, -0.1) is 0 Å². The second kappa shape index (κ2) is 37.6. The predicted octanol–water partition coefficient (Wildman–Crippen LogP) is 7.12. The van der Waals surface area contributed by atoms with Crippen molar-refractivity contribution in [2.45, 2.75) is 142 Å². The summed E-state index contributed by atoms with van der Waals surface area (Å²) in [6, 6.07) is -0.637. The van der Waals surface area contributed by atoms with E-state index >= 15 is 0 Å². The molecule has 6 N–H and O–H groups in total. The lowest BCUT2D eigenvalue weighted by Gasteiger charge is -2.27. The van der Waals surface area contributed by atoms with Crippen molar-refractivity contribution in [3.05, 3.63) is 0 Å². The first kappa shape index (κ1) is 58.7. The Hall–Kier alpha value is -1.41. The Morgan fingerprint density at radius 1 is 0.500 bits per heavy atom. The Morgan fingerprint density at radius 3 is 1.67 bits per heavy atom. The van der Waals surface area contributed by atoms with Crippen LogP contribution in [0.3, 0.4) is 0 Å². The number of nitrogens with one attached hydrogen (secondary N) is 3. The van der Waals surface area contributed by atoms with Crippen LogP contribution in [0.4, 0.5) is 0 Å². The molecule has 17 nitrogen and oxygen atoms in total. The van der Waals surface area contributed by atoms with Crippen LogP contribution in [0.1, 0.15) is 128 Å². The van der Waals surface area contributed by atoms with Crippen LogP contribution in [0.15, 0.2) is 0 Å². The van der Waals surface area contributed by atoms with Crippen molar-refractivity contribution in [3.8, 4) is 0 Å². The molecule has 0 radical (unpaired) electrons. The third kappa shape index (κ3) is 32.3. The van der Waals surface area contributed by atoms with E-state index in [0.717, 1.165) is 64.2 Å². The molecule has 64 heavy (non-hydrogen) atoms. The minimum atomic E-state index is -1.08. The van der Waals surface area contributed by atoms with E-state index in [2.05, 4.69) is 16.0 Å². The van der Waals surface area contributed by atoms with Gasteiger partial charge < -0.3 is 44.9 Å². The maximum Gasteiger partial charge on any atom is 0.320 e. The van der Waals surface area contributed by atoms with Crippen molar-refractivity contribution in [2.24, 2.45) is 5.92 Å². The van der Waals surface area contributed by atoms with Gasteiger partial charge >= 0.3 is 17.9 Å². The largest absolute Gasteiger partial charge is 0.481 e. The first-order chi connectivity index (χ1) is 30.9. The zero-order chi connectivity index (χ0) is 46.7. The quantitative estimate of drug-likeness (QED) is 0.0202. The monoisotopic (exact) mass is 1020 g/mol. The van der Waals surface area contributed by atoms with Crippen LogP contribution in [0.25, 0.3) is 0 Å². The van der Waals surface area contributed by atoms with E-state index < -0.39 is 29.9 Å². The Balaban J connectivity index is 1.32. The smallest absolute Gasteiger partial charge is 0.320 e. The SMILES string of the molecule is O=C(O)CCCCCCCCCCCCC(=O)C[C@@H](CCC(=O)NCCOCCOCC(=O)CCCOCCOCC(=O)NCCCC[C@H](NC1SSC2(SS1)SS2)C(=O)O)C(=O)O. The van der Waals surface area contributed by atoms with Gasteiger partial charge in [0.1, 0.15) is 29.7 Å². The molecule has 0 bridgehead atoms. The highest BCUT2D eigenvalue weighted by Crippen LogP contribution is 2.84. The normalized spacial score (nSPS) is 15.4. The van der Waals surface area contributed by atoms with Crippen molar-refractivity contribution in [1.82, 2.24) is 16.0 Å². The molecule has 0 unspecified atom stereocenters. The summed E-state index contributed by atoms with van der Waals surface area (Å²) in [5, 5.41) is 36.5. The molecule has 0 aromatic carbocycles. The Morgan fingerprint density at radius 2 is 1.06 bits per heavy atom. The first-order valence-corrected chi connectivity index (χ1v) is 28.8. The van der Waals surface area contributed by atoms with Gasteiger partial charge in [0.25, 0.3) is 0 Å². The third-order valence-electron chi connectivity index (χ3n) is 9.76. The zero-order valence-electron chi connectivity index (χ0n) is 36.7. The number of carbonyl (C=O) groups excluding carboxylic acids is 4. The van der Waals surface area contributed by atoms with Gasteiger partial charge in [0.05, 0.1) is 39.0 Å². The fraction of sp³-hybridized carbons (Fsp3) is 0.829. The minimum Gasteiger partial charge on any atom is -0.481 e. The molecule has 2 fully saturated rings. The number of aliphatic carboxylic acids is 3. The summed E-state index contributed by atoms with van der Waals surface area (Å²) in [4.78, 5) is 82.6. The Kier molecular flexibility index (Phi) is 34.5. The molecule has 23 heteroatoms. The maximum atomic E-state index is 12.4. The maximum absolute atomic E-state index is 12.4. The number of carboxylic acids is 3. The van der Waals surface area contributed by atoms with Crippen molar-refractivity contribution < 1.29 is 67.8 Å². The van der Waals surface area contributed by atoms with Gasteiger partial charge in [-0.2, -0.15) is 0 Å². The summed E-state index contributed by atoms with van der Waals surface area (Å²) < 4.78 is 21.8. The van der Waals surface area contributed by atoms with Gasteiger partial charge in [0, 0.05) is 51.8 Å². The van der Waals surface area contributed by atoms with E-state index in [-0.39, 0.29) is 116 Å². The van der Waals surface area contributed by atoms with Crippen molar-refractivity contribution in [2.75, 3.05) is 65.9 Å². The molecule has 2 atom stereocenters. The van der Waals surface area contributed by atoms with Gasteiger partial charge in [-0.1, -0.05) is 73.0 Å². The summed E-state index contributed by atoms with van der Waals surface area (Å²) >= 11 is 0. The van der Waals surface area contributed by atoms with Crippen LogP contribution in [0.2, 0.25) is 0 Å². The lowest BCUT2D eigenvalue weighted by atomic mass is 9.94. The van der Waals surface area contributed by atoms with Crippen molar-refractivity contribution in [1.29, 1.82) is 0 Å². The van der Waals surface area contributed by atoms with Gasteiger partial charge in [-0.3, -0.25) is 38.9 Å². The highest BCUT2D eigenvalue weighted by atomic mass is 33.2. The van der Waals surface area contributed by atoms with Crippen LogP contribution >= 0.6 is 64.8 Å². The minimum absolute atomic E-state index is 0.00930. The van der Waals surface area contributed by atoms with E-state index in [4.69, 9.17) is 24.1 Å². The summed E-state index contributed by atoms with van der Waals surface area (Å²) in [5.74, 6) is -4.35. The van der Waals surface area contributed by atoms with Crippen LogP contribution in [0, 0.1) is 5.92 Å². The molecule has 0 aromatic rings. The molecule has 0 saturated carbocycles. The molecule has 2 amide bonds. The number of carbonyl (C=O) groups is 7. The highest BCUT2D eigenvalue weighted by Gasteiger charge is 2.52. The van der Waals surface area contributed by atoms with Gasteiger partial charge in [-0.05, 0) is 88.1 Å². The third-order valence-corrected chi connectivity index (χ3v) is 23.1. The number of rotatable bonds is 44. The molecule has 2 aliphatic heterocycles. The van der Waals surface area contributed by atoms with E-state index in [0.29, 0.717) is 45.3 Å². The van der Waals surface area contributed by atoms with E-state index in [1.165, 1.54) is 0 Å². The number of unbranched alkanes of at least 4 members (excludes halogenated alkanes) is 10. The molecule has 0 aliphatic carbocycles. The summed E-state index contributed by atoms with van der Waals surface area (Å²) in [7, 11) is 10.5. The topological polar surface area (TPSA) is 253 Å². The zero-order valence-corrected chi connectivity index (χ0v) is 41.6. The number of ketones is 2. The molecular formula is C41H69N3O14S6. The second-order valence-corrected chi connectivity index (χ2v) is 24.8. The summed E-state index contributed by atoms with van der Waals surface area (Å²) in [5.41, 5.74) is 0. The average molecular weight is 1020 g/mol. The Labute approximate surface area is 401 Å². The molecule has 1 spiro atoms. The number of Topliss-reactive ketones (excluding diaryl/α,β-unsaturated/α-hetero) is 2. The van der Waals surface area contributed by atoms with Crippen molar-refractivity contribution in [3.63, 3.8) is 0 Å². The number of hydrogen-bond donors (Lipinski definition) is 6.